The summed E-state index contributed by atoms with van der Waals surface area (Å²) in [5.41, 5.74) is 5.00. The maximum Gasteiger partial charge on any atom is 0.287 e. The number of aromatic nitrogens is 1. The van der Waals surface area contributed by atoms with Gasteiger partial charge in [0.25, 0.3) is 5.91 Å². The summed E-state index contributed by atoms with van der Waals surface area (Å²) in [4.78, 5) is 15.5. The van der Waals surface area contributed by atoms with Gasteiger partial charge in [0.05, 0.1) is 5.71 Å². The number of nitrogens with one attached hydrogen (secondary N) is 2. The highest BCUT2D eigenvalue weighted by Crippen LogP contribution is 2.21. The number of thioether (sulfide) groups is 1. The quantitative estimate of drug-likeness (QED) is 0.442. The van der Waals surface area contributed by atoms with Crippen LogP contribution in [-0.2, 0) is 10.0 Å². The number of benzene rings is 2. The van der Waals surface area contributed by atoms with Crippen molar-refractivity contribution in [3.8, 4) is 0 Å². The standard InChI is InChI=1S/C22H22N4O3S2/c27-22(20-15-19(16-23-20)31(28,29)26-11-13-30-14-12-26)25-24-21(17-7-3-1-4-8-17)18-9-5-2-6-10-18/h1-10,15-16,23H,11-14H2,(H,25,27). The second-order valence-corrected chi connectivity index (χ2v) is 10.1. The number of carbonyl (C=O) groups excluding carboxylic acids is 1. The van der Waals surface area contributed by atoms with Gasteiger partial charge in [-0.25, -0.2) is 13.8 Å². The van der Waals surface area contributed by atoms with Crippen molar-refractivity contribution in [3.63, 3.8) is 0 Å². The van der Waals surface area contributed by atoms with E-state index in [9.17, 15) is 13.2 Å². The van der Waals surface area contributed by atoms with E-state index in [0.29, 0.717) is 18.8 Å². The number of nitrogens with zero attached hydrogens (tertiary/aromatic N) is 2. The average molecular weight is 455 g/mol. The highest BCUT2D eigenvalue weighted by molar-refractivity contribution is 7.99. The highest BCUT2D eigenvalue weighted by Gasteiger charge is 2.27. The summed E-state index contributed by atoms with van der Waals surface area (Å²) < 4.78 is 27.0. The van der Waals surface area contributed by atoms with Gasteiger partial charge < -0.3 is 4.98 Å². The van der Waals surface area contributed by atoms with Crippen LogP contribution in [0.2, 0.25) is 0 Å². The Morgan fingerprint density at radius 2 is 1.55 bits per heavy atom. The molecule has 1 saturated heterocycles. The summed E-state index contributed by atoms with van der Waals surface area (Å²) >= 11 is 1.73. The molecule has 0 aliphatic carbocycles. The van der Waals surface area contributed by atoms with Crippen LogP contribution in [0.1, 0.15) is 21.6 Å². The minimum atomic E-state index is -3.62. The first-order valence-corrected chi connectivity index (χ1v) is 12.4. The molecule has 2 N–H and O–H groups in total. The number of hydrogen-bond donors (Lipinski definition) is 2. The Hall–Kier alpha value is -2.88. The Morgan fingerprint density at radius 3 is 2.13 bits per heavy atom. The Morgan fingerprint density at radius 1 is 0.968 bits per heavy atom. The largest absolute Gasteiger partial charge is 0.356 e. The van der Waals surface area contributed by atoms with Crippen LogP contribution in [0.15, 0.2) is 82.9 Å². The first kappa shape index (κ1) is 21.4. The highest BCUT2D eigenvalue weighted by atomic mass is 32.2. The van der Waals surface area contributed by atoms with Gasteiger partial charge in [-0.2, -0.15) is 21.2 Å². The van der Waals surface area contributed by atoms with Crippen molar-refractivity contribution < 1.29 is 13.2 Å². The Kier molecular flexibility index (Phi) is 6.55. The zero-order valence-corrected chi connectivity index (χ0v) is 18.3. The molecule has 7 nitrogen and oxygen atoms in total. The van der Waals surface area contributed by atoms with Crippen LogP contribution in [0.4, 0.5) is 0 Å². The Bertz CT molecular complexity index is 1130. The Balaban J connectivity index is 1.55. The second-order valence-electron chi connectivity index (χ2n) is 6.90. The second kappa shape index (κ2) is 9.51. The average Bonchev–Trinajstić information content (AvgIpc) is 3.33. The van der Waals surface area contributed by atoms with Crippen molar-refractivity contribution in [2.24, 2.45) is 5.10 Å². The molecule has 1 fully saturated rings. The summed E-state index contributed by atoms with van der Waals surface area (Å²) in [6.45, 7) is 0.947. The lowest BCUT2D eigenvalue weighted by Crippen LogP contribution is -2.37. The molecule has 9 heteroatoms. The van der Waals surface area contributed by atoms with Crippen molar-refractivity contribution in [2.45, 2.75) is 4.90 Å². The molecule has 0 atom stereocenters. The maximum absolute atomic E-state index is 12.8. The van der Waals surface area contributed by atoms with Gasteiger partial charge in [-0.15, -0.1) is 0 Å². The molecule has 0 saturated carbocycles. The van der Waals surface area contributed by atoms with Crippen LogP contribution < -0.4 is 5.43 Å². The number of amides is 1. The Labute approximate surface area is 185 Å². The molecule has 0 radical (unpaired) electrons. The number of hydrogen-bond acceptors (Lipinski definition) is 5. The number of H-pyrrole nitrogens is 1. The zero-order valence-electron chi connectivity index (χ0n) is 16.7. The van der Waals surface area contributed by atoms with Crippen LogP contribution in [0.3, 0.4) is 0 Å². The predicted octanol–water partition coefficient (Wildman–Crippen LogP) is 2.93. The fourth-order valence-corrected chi connectivity index (χ4v) is 5.82. The minimum absolute atomic E-state index is 0.0832. The molecule has 4 rings (SSSR count). The van der Waals surface area contributed by atoms with Gasteiger partial charge in [0.15, 0.2) is 0 Å². The molecule has 3 aromatic rings. The molecule has 1 amide bonds. The monoisotopic (exact) mass is 454 g/mol. The third kappa shape index (κ3) is 4.90. The molecule has 0 unspecified atom stereocenters. The van der Waals surface area contributed by atoms with E-state index in [2.05, 4.69) is 15.5 Å². The summed E-state index contributed by atoms with van der Waals surface area (Å²) in [6.07, 6.45) is 1.35. The number of aromatic amines is 1. The smallest absolute Gasteiger partial charge is 0.287 e. The van der Waals surface area contributed by atoms with Gasteiger partial charge in [0.1, 0.15) is 10.6 Å². The van der Waals surface area contributed by atoms with E-state index in [4.69, 9.17) is 0 Å². The molecule has 1 aliphatic rings. The SMILES string of the molecule is O=C(NN=C(c1ccccc1)c1ccccc1)c1cc(S(=O)(=O)N2CCSCC2)c[nH]1. The fourth-order valence-electron chi connectivity index (χ4n) is 3.25. The maximum atomic E-state index is 12.8. The van der Waals surface area contributed by atoms with Gasteiger partial charge in [-0.3, -0.25) is 4.79 Å². The van der Waals surface area contributed by atoms with Gasteiger partial charge >= 0.3 is 0 Å². The lowest BCUT2D eigenvalue weighted by Gasteiger charge is -2.24. The molecule has 31 heavy (non-hydrogen) atoms. The van der Waals surface area contributed by atoms with Crippen LogP contribution in [0.5, 0.6) is 0 Å². The minimum Gasteiger partial charge on any atom is -0.356 e. The summed E-state index contributed by atoms with van der Waals surface area (Å²) in [5, 5.41) is 4.34. The number of hydrazone groups is 1. The summed E-state index contributed by atoms with van der Waals surface area (Å²) in [5.74, 6) is 1.03. The molecular weight excluding hydrogens is 432 g/mol. The summed E-state index contributed by atoms with van der Waals surface area (Å²) in [6, 6.07) is 20.4. The van der Waals surface area contributed by atoms with Gasteiger partial charge in [0.2, 0.25) is 10.0 Å². The van der Waals surface area contributed by atoms with E-state index in [1.807, 2.05) is 60.7 Å². The van der Waals surface area contributed by atoms with E-state index in [0.717, 1.165) is 22.6 Å². The lowest BCUT2D eigenvalue weighted by molar-refractivity contribution is 0.0950. The van der Waals surface area contributed by atoms with Crippen molar-refractivity contribution in [1.29, 1.82) is 0 Å². The van der Waals surface area contributed by atoms with E-state index < -0.39 is 15.9 Å². The molecular formula is C22H22N4O3S2. The van der Waals surface area contributed by atoms with Gasteiger partial charge in [0, 0.05) is 41.9 Å². The van der Waals surface area contributed by atoms with E-state index in [1.54, 1.807) is 11.8 Å². The molecule has 1 aliphatic heterocycles. The normalized spacial score (nSPS) is 14.7. The number of sulfonamides is 1. The van der Waals surface area contributed by atoms with Crippen LogP contribution in [0, 0.1) is 0 Å². The van der Waals surface area contributed by atoms with Crippen molar-refractivity contribution in [3.05, 3.63) is 89.7 Å². The fraction of sp³-hybridized carbons (Fsp3) is 0.182. The first-order valence-electron chi connectivity index (χ1n) is 9.81. The predicted molar refractivity (Wildman–Crippen MR) is 123 cm³/mol. The number of rotatable bonds is 6. The zero-order chi connectivity index (χ0) is 21.7. The van der Waals surface area contributed by atoms with Crippen molar-refractivity contribution in [1.82, 2.24) is 14.7 Å². The topological polar surface area (TPSA) is 94.6 Å². The van der Waals surface area contributed by atoms with Gasteiger partial charge in [-0.1, -0.05) is 60.7 Å². The van der Waals surface area contributed by atoms with E-state index in [-0.39, 0.29) is 10.6 Å². The lowest BCUT2D eigenvalue weighted by atomic mass is 10.0. The molecule has 1 aromatic heterocycles. The van der Waals surface area contributed by atoms with Crippen LogP contribution in [-0.4, -0.2) is 53.9 Å². The third-order valence-corrected chi connectivity index (χ3v) is 7.69. The van der Waals surface area contributed by atoms with Crippen LogP contribution in [0.25, 0.3) is 0 Å². The molecule has 0 bridgehead atoms. The molecule has 2 heterocycles. The van der Waals surface area contributed by atoms with Crippen molar-refractivity contribution in [2.75, 3.05) is 24.6 Å². The number of carbonyl (C=O) groups is 1. The summed E-state index contributed by atoms with van der Waals surface area (Å²) in [7, 11) is -3.62. The molecule has 0 spiro atoms. The molecule has 160 valence electrons. The van der Waals surface area contributed by atoms with E-state index >= 15 is 0 Å². The van der Waals surface area contributed by atoms with E-state index in [1.165, 1.54) is 16.6 Å². The first-order chi connectivity index (χ1) is 15.1. The van der Waals surface area contributed by atoms with Gasteiger partial charge in [-0.05, 0) is 6.07 Å². The van der Waals surface area contributed by atoms with Crippen LogP contribution >= 0.6 is 11.8 Å². The third-order valence-electron chi connectivity index (χ3n) is 4.87. The molecule has 2 aromatic carbocycles. The van der Waals surface area contributed by atoms with Crippen molar-refractivity contribution >= 4 is 33.4 Å².